The van der Waals surface area contributed by atoms with Gasteiger partial charge in [-0.2, -0.15) is 0 Å². The van der Waals surface area contributed by atoms with Crippen LogP contribution in [0.3, 0.4) is 0 Å². The Hall–Kier alpha value is -4.71. The minimum atomic E-state index is -1.35. The van der Waals surface area contributed by atoms with Crippen molar-refractivity contribution in [1.82, 2.24) is 0 Å². The van der Waals surface area contributed by atoms with Gasteiger partial charge in [-0.1, -0.05) is 42.5 Å². The van der Waals surface area contributed by atoms with Crippen molar-refractivity contribution in [2.75, 3.05) is 13.2 Å². The first kappa shape index (κ1) is 33.8. The van der Waals surface area contributed by atoms with Gasteiger partial charge in [0.1, 0.15) is 18.5 Å². The maximum Gasteiger partial charge on any atom is 0.330 e. The van der Waals surface area contributed by atoms with Gasteiger partial charge in [-0.3, -0.25) is 19.2 Å². The Bertz CT molecular complexity index is 1350. The minimum absolute atomic E-state index is 0.293. The fourth-order valence-electron chi connectivity index (χ4n) is 4.49. The summed E-state index contributed by atoms with van der Waals surface area (Å²) in [4.78, 5) is 59.4. The monoisotopic (exact) mass is 612 g/mol. The highest BCUT2D eigenvalue weighted by Gasteiger charge is 2.53. The largest absolute Gasteiger partial charge is 0.463 e. The highest BCUT2D eigenvalue weighted by atomic mass is 16.7. The van der Waals surface area contributed by atoms with Gasteiger partial charge < -0.3 is 33.2 Å². The molecule has 0 bridgehead atoms. The molecule has 0 spiro atoms. The molecule has 1 unspecified atom stereocenters. The van der Waals surface area contributed by atoms with Crippen LogP contribution in [0.5, 0.6) is 5.75 Å². The molecule has 1 saturated heterocycles. The maximum atomic E-state index is 12.1. The Kier molecular flexibility index (Phi) is 12.5. The summed E-state index contributed by atoms with van der Waals surface area (Å²) in [5.74, 6) is -2.86. The third-order valence-corrected chi connectivity index (χ3v) is 6.24. The van der Waals surface area contributed by atoms with Crippen LogP contribution in [0.15, 0.2) is 54.6 Å². The molecule has 0 saturated carbocycles. The zero-order valence-corrected chi connectivity index (χ0v) is 25.2. The number of hydrogen-bond donors (Lipinski definition) is 0. The zero-order chi connectivity index (χ0) is 32.2. The van der Waals surface area contributed by atoms with E-state index in [1.165, 1.54) is 13.0 Å². The summed E-state index contributed by atoms with van der Waals surface area (Å²) in [6.07, 6.45) is -3.03. The highest BCUT2D eigenvalue weighted by molar-refractivity contribution is 5.87. The second kappa shape index (κ2) is 16.2. The Labute approximate surface area is 255 Å². The Morgan fingerprint density at radius 1 is 0.750 bits per heavy atom. The van der Waals surface area contributed by atoms with Gasteiger partial charge in [0.05, 0.1) is 6.61 Å². The normalized spacial score (nSPS) is 21.2. The standard InChI is InChI=1S/C32H36O12/c1-6-38-28(37)16-15-23-11-13-24(14-12-23)17-25-9-7-8-10-26(25)43-32-31(42-22(5)36)30(41-21(4)35)29(40-20(3)34)27(44-32)18-39-19(2)33/h7-16,27,29-32H,6,17-18H2,1-5H3/t27-,29-,30+,31-,32?/m1/s1. The number of carbonyl (C=O) groups excluding carboxylic acids is 5. The molecule has 0 aromatic heterocycles. The quantitative estimate of drug-likeness (QED) is 0.197. The van der Waals surface area contributed by atoms with Crippen molar-refractivity contribution in [1.29, 1.82) is 0 Å². The van der Waals surface area contributed by atoms with E-state index in [1.807, 2.05) is 36.4 Å². The summed E-state index contributed by atoms with van der Waals surface area (Å²) in [6, 6.07) is 14.6. The van der Waals surface area contributed by atoms with Crippen molar-refractivity contribution < 1.29 is 57.1 Å². The number of hydrogen-bond acceptors (Lipinski definition) is 12. The molecule has 0 N–H and O–H groups in total. The molecule has 12 heteroatoms. The van der Waals surface area contributed by atoms with Crippen molar-refractivity contribution >= 4 is 35.9 Å². The third kappa shape index (κ3) is 10.2. The van der Waals surface area contributed by atoms with Crippen LogP contribution >= 0.6 is 0 Å². The van der Waals surface area contributed by atoms with Crippen molar-refractivity contribution in [3.8, 4) is 5.75 Å². The summed E-state index contributed by atoms with van der Waals surface area (Å²) < 4.78 is 38.7. The molecule has 1 aliphatic rings. The topological polar surface area (TPSA) is 150 Å². The van der Waals surface area contributed by atoms with E-state index < -0.39 is 60.6 Å². The molecular formula is C32H36O12. The summed E-state index contributed by atoms with van der Waals surface area (Å²) in [7, 11) is 0. The van der Waals surface area contributed by atoms with Crippen LogP contribution in [-0.2, 0) is 58.8 Å². The van der Waals surface area contributed by atoms with Gasteiger partial charge in [-0.25, -0.2) is 4.79 Å². The van der Waals surface area contributed by atoms with E-state index in [9.17, 15) is 24.0 Å². The lowest BCUT2D eigenvalue weighted by molar-refractivity contribution is -0.288. The lowest BCUT2D eigenvalue weighted by Gasteiger charge is -2.44. The third-order valence-electron chi connectivity index (χ3n) is 6.24. The highest BCUT2D eigenvalue weighted by Crippen LogP contribution is 2.32. The van der Waals surface area contributed by atoms with E-state index in [-0.39, 0.29) is 6.61 Å². The van der Waals surface area contributed by atoms with Gasteiger partial charge in [0.15, 0.2) is 12.2 Å². The van der Waals surface area contributed by atoms with Crippen LogP contribution in [-0.4, -0.2) is 73.8 Å². The summed E-state index contributed by atoms with van der Waals surface area (Å²) in [5.41, 5.74) is 2.48. The molecule has 1 aliphatic heterocycles. The van der Waals surface area contributed by atoms with E-state index in [0.717, 1.165) is 37.5 Å². The molecule has 5 atom stereocenters. The molecular weight excluding hydrogens is 576 g/mol. The van der Waals surface area contributed by atoms with E-state index >= 15 is 0 Å². The molecule has 236 valence electrons. The molecule has 1 fully saturated rings. The Balaban J connectivity index is 1.91. The van der Waals surface area contributed by atoms with Crippen LogP contribution in [0, 0.1) is 0 Å². The van der Waals surface area contributed by atoms with Crippen LogP contribution in [0.2, 0.25) is 0 Å². The van der Waals surface area contributed by atoms with E-state index in [0.29, 0.717) is 18.8 Å². The van der Waals surface area contributed by atoms with Crippen LogP contribution < -0.4 is 4.74 Å². The molecule has 2 aromatic carbocycles. The van der Waals surface area contributed by atoms with Crippen LogP contribution in [0.1, 0.15) is 51.3 Å². The van der Waals surface area contributed by atoms with Crippen LogP contribution in [0.4, 0.5) is 0 Å². The number of rotatable bonds is 12. The van der Waals surface area contributed by atoms with Gasteiger partial charge in [0.25, 0.3) is 0 Å². The summed E-state index contributed by atoms with van der Waals surface area (Å²) in [6.45, 7) is 6.32. The molecule has 3 rings (SSSR count). The van der Waals surface area contributed by atoms with E-state index in [4.69, 9.17) is 33.2 Å². The van der Waals surface area contributed by atoms with Gasteiger partial charge in [0, 0.05) is 40.2 Å². The van der Waals surface area contributed by atoms with Gasteiger partial charge in [0.2, 0.25) is 12.4 Å². The average molecular weight is 613 g/mol. The second-order valence-electron chi connectivity index (χ2n) is 9.80. The first-order chi connectivity index (χ1) is 21.0. The van der Waals surface area contributed by atoms with E-state index in [2.05, 4.69) is 0 Å². The Morgan fingerprint density at radius 2 is 1.36 bits per heavy atom. The van der Waals surface area contributed by atoms with Crippen molar-refractivity contribution in [3.63, 3.8) is 0 Å². The molecule has 0 aliphatic carbocycles. The first-order valence-electron chi connectivity index (χ1n) is 14.0. The summed E-state index contributed by atoms with van der Waals surface area (Å²) in [5, 5.41) is 0. The molecule has 0 radical (unpaired) electrons. The predicted molar refractivity (Wildman–Crippen MR) is 154 cm³/mol. The summed E-state index contributed by atoms with van der Waals surface area (Å²) >= 11 is 0. The molecule has 2 aromatic rings. The van der Waals surface area contributed by atoms with Crippen molar-refractivity contribution in [2.45, 2.75) is 71.7 Å². The van der Waals surface area contributed by atoms with Gasteiger partial charge in [-0.15, -0.1) is 0 Å². The maximum absolute atomic E-state index is 12.1. The van der Waals surface area contributed by atoms with E-state index in [1.54, 1.807) is 25.1 Å². The first-order valence-corrected chi connectivity index (χ1v) is 14.0. The second-order valence-corrected chi connectivity index (χ2v) is 9.80. The molecule has 12 nitrogen and oxygen atoms in total. The predicted octanol–water partition coefficient (Wildman–Crippen LogP) is 3.32. The van der Waals surface area contributed by atoms with Crippen LogP contribution in [0.25, 0.3) is 6.08 Å². The number of ether oxygens (including phenoxy) is 7. The minimum Gasteiger partial charge on any atom is -0.463 e. The number of benzene rings is 2. The number of para-hydroxylation sites is 1. The fraction of sp³-hybridized carbons (Fsp3) is 0.406. The zero-order valence-electron chi connectivity index (χ0n) is 25.2. The van der Waals surface area contributed by atoms with Gasteiger partial charge in [-0.05, 0) is 35.8 Å². The number of carbonyl (C=O) groups is 5. The molecule has 1 heterocycles. The van der Waals surface area contributed by atoms with Gasteiger partial charge >= 0.3 is 29.8 Å². The lowest BCUT2D eigenvalue weighted by atomic mass is 9.98. The van der Waals surface area contributed by atoms with Crippen molar-refractivity contribution in [3.05, 3.63) is 71.3 Å². The fourth-order valence-corrected chi connectivity index (χ4v) is 4.49. The SMILES string of the molecule is CCOC(=O)C=Cc1ccc(Cc2ccccc2OC2O[C@H](COC(C)=O)[C@@H](OC(C)=O)[C@H](OC(C)=O)[C@H]2OC(C)=O)cc1. The number of esters is 5. The lowest BCUT2D eigenvalue weighted by Crippen LogP contribution is -2.63. The Morgan fingerprint density at radius 3 is 1.98 bits per heavy atom. The average Bonchev–Trinajstić information content (AvgIpc) is 2.95. The smallest absolute Gasteiger partial charge is 0.330 e. The molecule has 44 heavy (non-hydrogen) atoms. The molecule has 0 amide bonds. The van der Waals surface area contributed by atoms with Crippen molar-refractivity contribution in [2.24, 2.45) is 0 Å².